The van der Waals surface area contributed by atoms with Crippen molar-refractivity contribution in [1.29, 1.82) is 0 Å². The summed E-state index contributed by atoms with van der Waals surface area (Å²) in [5.41, 5.74) is 0.982. The summed E-state index contributed by atoms with van der Waals surface area (Å²) in [5.74, 6) is -2.26. The molecule has 0 saturated carbocycles. The molecule has 0 aromatic rings. The molecule has 1 amide bonds. The maximum atomic E-state index is 12.2. The molecular weight excluding hydrogens is 426 g/mol. The molecule has 2 aliphatic rings. The Labute approximate surface area is 185 Å². The topological polar surface area (TPSA) is 172 Å². The van der Waals surface area contributed by atoms with Gasteiger partial charge in [-0.1, -0.05) is 20.8 Å². The van der Waals surface area contributed by atoms with Crippen LogP contribution in [-0.4, -0.2) is 75.6 Å². The van der Waals surface area contributed by atoms with Crippen molar-refractivity contribution in [2.24, 2.45) is 5.92 Å². The lowest BCUT2D eigenvalue weighted by molar-refractivity contribution is -0.285. The van der Waals surface area contributed by atoms with Gasteiger partial charge >= 0.3 is 11.9 Å². The maximum absolute atomic E-state index is 12.2. The monoisotopic (exact) mass is 457 g/mol. The van der Waals surface area contributed by atoms with E-state index in [0.29, 0.717) is 12.8 Å². The van der Waals surface area contributed by atoms with Crippen LogP contribution in [0.4, 0.5) is 0 Å². The number of carbonyl (C=O) groups is 3. The molecule has 5 N–H and O–H groups in total. The molecule has 11 heteroatoms. The molecule has 1 fully saturated rings. The number of nitrogens with one attached hydrogen (secondary N) is 1. The number of aliphatic hydroxyl groups excluding tert-OH is 3. The summed E-state index contributed by atoms with van der Waals surface area (Å²) in [6.45, 7) is 5.30. The van der Waals surface area contributed by atoms with Crippen molar-refractivity contribution < 1.29 is 49.0 Å². The number of hydrogen-bond acceptors (Lipinski definition) is 9. The number of esters is 1. The van der Waals surface area contributed by atoms with Crippen LogP contribution in [0.3, 0.4) is 0 Å². The molecule has 0 aromatic carbocycles. The van der Waals surface area contributed by atoms with E-state index >= 15 is 0 Å². The van der Waals surface area contributed by atoms with Crippen molar-refractivity contribution in [3.63, 3.8) is 0 Å². The van der Waals surface area contributed by atoms with Crippen LogP contribution >= 0.6 is 0 Å². The molecule has 0 aromatic heterocycles. The highest BCUT2D eigenvalue weighted by Gasteiger charge is 2.48. The third-order valence-corrected chi connectivity index (χ3v) is 5.02. The summed E-state index contributed by atoms with van der Waals surface area (Å²) in [7, 11) is 0. The van der Waals surface area contributed by atoms with Gasteiger partial charge in [0.25, 0.3) is 0 Å². The van der Waals surface area contributed by atoms with Gasteiger partial charge in [0.15, 0.2) is 6.10 Å². The van der Waals surface area contributed by atoms with Crippen LogP contribution in [0.2, 0.25) is 0 Å². The van der Waals surface area contributed by atoms with Gasteiger partial charge in [0.05, 0.1) is 11.6 Å². The molecule has 1 heterocycles. The average Bonchev–Trinajstić information content (AvgIpc) is 2.73. The zero-order chi connectivity index (χ0) is 24.0. The second kappa shape index (κ2) is 11.4. The fourth-order valence-corrected chi connectivity index (χ4v) is 3.17. The van der Waals surface area contributed by atoms with Crippen LogP contribution in [0.15, 0.2) is 23.1 Å². The zero-order valence-corrected chi connectivity index (χ0v) is 18.3. The molecule has 180 valence electrons. The number of rotatable bonds is 9. The van der Waals surface area contributed by atoms with Crippen LogP contribution in [0, 0.1) is 5.92 Å². The first-order valence-electron chi connectivity index (χ1n) is 10.5. The minimum Gasteiger partial charge on any atom is -0.479 e. The number of allylic oxidation sites excluding steroid dienone is 2. The lowest BCUT2D eigenvalue weighted by Crippen LogP contribution is -2.60. The summed E-state index contributed by atoms with van der Waals surface area (Å²) in [4.78, 5) is 35.2. The van der Waals surface area contributed by atoms with E-state index in [9.17, 15) is 34.8 Å². The molecule has 1 saturated heterocycles. The number of carboxylic acid groups (broad SMARTS) is 1. The van der Waals surface area contributed by atoms with Gasteiger partial charge in [-0.15, -0.1) is 0 Å². The van der Waals surface area contributed by atoms with Crippen molar-refractivity contribution in [2.75, 3.05) is 6.61 Å². The normalized spacial score (nSPS) is 28.2. The molecule has 11 nitrogen and oxygen atoms in total. The summed E-state index contributed by atoms with van der Waals surface area (Å²) in [6.07, 6.45) is -5.68. The van der Waals surface area contributed by atoms with Gasteiger partial charge in [0, 0.05) is 12.8 Å². The van der Waals surface area contributed by atoms with Crippen molar-refractivity contribution in [2.45, 2.75) is 77.2 Å². The zero-order valence-electron chi connectivity index (χ0n) is 18.3. The van der Waals surface area contributed by atoms with Crippen LogP contribution in [0.1, 0.15) is 46.5 Å². The molecule has 0 radical (unpaired) electrons. The number of hydrogen-bond donors (Lipinski definition) is 5. The third-order valence-electron chi connectivity index (χ3n) is 5.02. The highest BCUT2D eigenvalue weighted by molar-refractivity contribution is 5.78. The minimum absolute atomic E-state index is 0.0337. The van der Waals surface area contributed by atoms with E-state index in [1.807, 2.05) is 6.92 Å². The van der Waals surface area contributed by atoms with Gasteiger partial charge in [-0.2, -0.15) is 0 Å². The van der Waals surface area contributed by atoms with Gasteiger partial charge in [0.2, 0.25) is 12.2 Å². The standard InChI is InChI=1S/C21H31NO10/c1-4-5-14(23)22-12-8-11(9-30-20(29)10(2)3)6-7-13(12)31-21-17(26)15(24)16(25)18(32-21)19(27)28/h8,10,15-18,21,24-26H,4-7,9H2,1-3H3,(H,22,23)(H,27,28)/t15-,16-,17+,18-,21?/m1/s1. The highest BCUT2D eigenvalue weighted by Crippen LogP contribution is 2.30. The van der Waals surface area contributed by atoms with Gasteiger partial charge in [-0.25, -0.2) is 4.79 Å². The SMILES string of the molecule is CCCC(=O)NC1=C(OC2O[C@@H](C(=O)O)[C@H](O)[C@@H](O)[C@@H]2O)CCC(COC(=O)C(C)C)=C1. The molecule has 0 bridgehead atoms. The van der Waals surface area contributed by atoms with Crippen molar-refractivity contribution in [3.8, 4) is 0 Å². The molecule has 0 spiro atoms. The first-order valence-corrected chi connectivity index (χ1v) is 10.5. The Morgan fingerprint density at radius 1 is 1.16 bits per heavy atom. The molecule has 1 aliphatic heterocycles. The van der Waals surface area contributed by atoms with Crippen LogP contribution in [0.5, 0.6) is 0 Å². The number of ether oxygens (including phenoxy) is 3. The average molecular weight is 457 g/mol. The first-order chi connectivity index (χ1) is 15.0. The van der Waals surface area contributed by atoms with Crippen molar-refractivity contribution >= 4 is 17.8 Å². The summed E-state index contributed by atoms with van der Waals surface area (Å²) >= 11 is 0. The number of carbonyl (C=O) groups excluding carboxylic acids is 2. The quantitative estimate of drug-likeness (QED) is 0.295. The molecule has 32 heavy (non-hydrogen) atoms. The summed E-state index contributed by atoms with van der Waals surface area (Å²) in [6, 6.07) is 0. The highest BCUT2D eigenvalue weighted by atomic mass is 16.7. The Morgan fingerprint density at radius 3 is 2.44 bits per heavy atom. The predicted octanol–water partition coefficient (Wildman–Crippen LogP) is -0.0575. The van der Waals surface area contributed by atoms with E-state index in [0.717, 1.165) is 5.57 Å². The number of aliphatic hydroxyl groups is 3. The largest absolute Gasteiger partial charge is 0.479 e. The minimum atomic E-state index is -1.84. The van der Waals surface area contributed by atoms with Gasteiger partial charge in [-0.3, -0.25) is 9.59 Å². The molecule has 2 rings (SSSR count). The van der Waals surface area contributed by atoms with Crippen LogP contribution < -0.4 is 5.32 Å². The maximum Gasteiger partial charge on any atom is 0.335 e. The second-order valence-electron chi connectivity index (χ2n) is 8.05. The fraction of sp³-hybridized carbons (Fsp3) is 0.667. The molecular formula is C21H31NO10. The number of carboxylic acids is 1. The van der Waals surface area contributed by atoms with Crippen molar-refractivity contribution in [1.82, 2.24) is 5.32 Å². The lowest BCUT2D eigenvalue weighted by Gasteiger charge is -2.39. The van der Waals surface area contributed by atoms with Gasteiger partial charge < -0.3 is 40.0 Å². The van der Waals surface area contributed by atoms with Crippen LogP contribution in [-0.2, 0) is 28.6 Å². The fourth-order valence-electron chi connectivity index (χ4n) is 3.17. The van der Waals surface area contributed by atoms with Crippen molar-refractivity contribution in [3.05, 3.63) is 23.1 Å². The number of aliphatic carboxylic acids is 1. The second-order valence-corrected chi connectivity index (χ2v) is 8.05. The third kappa shape index (κ3) is 6.52. The Hall–Kier alpha value is -2.47. The smallest absolute Gasteiger partial charge is 0.335 e. The van der Waals surface area contributed by atoms with E-state index in [1.165, 1.54) is 0 Å². The van der Waals surface area contributed by atoms with E-state index in [2.05, 4.69) is 5.32 Å². The summed E-state index contributed by atoms with van der Waals surface area (Å²) in [5, 5.41) is 41.9. The van der Waals surface area contributed by atoms with E-state index in [1.54, 1.807) is 19.9 Å². The molecule has 5 atom stereocenters. The Bertz CT molecular complexity index is 775. The first kappa shape index (κ1) is 25.8. The van der Waals surface area contributed by atoms with E-state index in [-0.39, 0.29) is 48.7 Å². The van der Waals surface area contributed by atoms with Crippen LogP contribution in [0.25, 0.3) is 0 Å². The van der Waals surface area contributed by atoms with Gasteiger partial charge in [0.1, 0.15) is 30.7 Å². The lowest BCUT2D eigenvalue weighted by atomic mass is 9.98. The Balaban J connectivity index is 2.24. The Kier molecular flexibility index (Phi) is 9.20. The molecule has 1 unspecified atom stereocenters. The Morgan fingerprint density at radius 2 is 1.84 bits per heavy atom. The summed E-state index contributed by atoms with van der Waals surface area (Å²) < 4.78 is 16.1. The molecule has 1 aliphatic carbocycles. The number of amides is 1. The predicted molar refractivity (Wildman–Crippen MR) is 109 cm³/mol. The van der Waals surface area contributed by atoms with E-state index < -0.39 is 36.7 Å². The van der Waals surface area contributed by atoms with Gasteiger partial charge in [-0.05, 0) is 24.5 Å². The van der Waals surface area contributed by atoms with E-state index in [4.69, 9.17) is 14.2 Å².